The first-order valence-electron chi connectivity index (χ1n) is 6.24. The van der Waals surface area contributed by atoms with Crippen molar-refractivity contribution in [3.63, 3.8) is 0 Å². The van der Waals surface area contributed by atoms with E-state index in [1.165, 1.54) is 0 Å². The molecule has 2 rings (SSSR count). The number of carbonyl (C=O) groups excluding carboxylic acids is 1. The van der Waals surface area contributed by atoms with Gasteiger partial charge < -0.3 is 10.1 Å². The van der Waals surface area contributed by atoms with Crippen molar-refractivity contribution in [2.75, 3.05) is 11.9 Å². The number of carbonyl (C=O) groups is 1. The van der Waals surface area contributed by atoms with Gasteiger partial charge >= 0.3 is 6.03 Å². The van der Waals surface area contributed by atoms with Crippen molar-refractivity contribution in [3.05, 3.63) is 36.8 Å². The van der Waals surface area contributed by atoms with Crippen LogP contribution in [0.2, 0.25) is 0 Å². The summed E-state index contributed by atoms with van der Waals surface area (Å²) >= 11 is 0. The summed E-state index contributed by atoms with van der Waals surface area (Å²) in [6.45, 7) is 2.26. The fourth-order valence-corrected chi connectivity index (χ4v) is 1.58. The number of rotatable bonds is 5. The van der Waals surface area contributed by atoms with E-state index in [-0.39, 0.29) is 12.1 Å². The molecule has 2 aromatic rings. The molecule has 0 radical (unpaired) electrons. The van der Waals surface area contributed by atoms with Gasteiger partial charge in [-0.05, 0) is 19.1 Å². The van der Waals surface area contributed by atoms with Gasteiger partial charge in [-0.3, -0.25) is 15.0 Å². The molecule has 0 saturated carbocycles. The van der Waals surface area contributed by atoms with Gasteiger partial charge in [0.1, 0.15) is 17.7 Å². The second-order valence-corrected chi connectivity index (χ2v) is 4.29. The first-order valence-corrected chi connectivity index (χ1v) is 6.24. The van der Waals surface area contributed by atoms with Crippen molar-refractivity contribution in [2.24, 2.45) is 7.05 Å². The van der Waals surface area contributed by atoms with Gasteiger partial charge in [0.2, 0.25) is 0 Å². The number of nitrogens with one attached hydrogen (secondary N) is 2. The second-order valence-electron chi connectivity index (χ2n) is 4.29. The third kappa shape index (κ3) is 3.98. The summed E-state index contributed by atoms with van der Waals surface area (Å²) in [5, 5.41) is 9.39. The first-order chi connectivity index (χ1) is 9.65. The summed E-state index contributed by atoms with van der Waals surface area (Å²) < 4.78 is 7.18. The molecular formula is C13H17N5O2. The summed E-state index contributed by atoms with van der Waals surface area (Å²) in [5.41, 5.74) is 0. The second kappa shape index (κ2) is 6.55. The molecule has 2 heterocycles. The Balaban J connectivity index is 1.74. The van der Waals surface area contributed by atoms with Crippen LogP contribution in [0.1, 0.15) is 6.92 Å². The predicted octanol–water partition coefficient (Wildman–Crippen LogP) is 1.40. The van der Waals surface area contributed by atoms with Crippen LogP contribution in [-0.2, 0) is 7.05 Å². The van der Waals surface area contributed by atoms with Gasteiger partial charge in [0.25, 0.3) is 0 Å². The van der Waals surface area contributed by atoms with Crippen LogP contribution in [0.15, 0.2) is 36.8 Å². The van der Waals surface area contributed by atoms with Crippen molar-refractivity contribution >= 4 is 11.8 Å². The number of nitrogens with zero attached hydrogens (tertiary/aromatic N) is 3. The minimum absolute atomic E-state index is 0.156. The third-order valence-electron chi connectivity index (χ3n) is 2.58. The van der Waals surface area contributed by atoms with Crippen LogP contribution in [-0.4, -0.2) is 33.4 Å². The topological polar surface area (TPSA) is 81.1 Å². The number of urea groups is 1. The van der Waals surface area contributed by atoms with E-state index in [0.717, 1.165) is 0 Å². The number of aromatic nitrogens is 3. The Morgan fingerprint density at radius 3 is 2.95 bits per heavy atom. The number of pyridine rings is 1. The van der Waals surface area contributed by atoms with Crippen molar-refractivity contribution in [1.82, 2.24) is 20.1 Å². The molecule has 0 spiro atoms. The van der Waals surface area contributed by atoms with Crippen LogP contribution in [0.25, 0.3) is 0 Å². The molecule has 2 N–H and O–H groups in total. The number of hydrogen-bond acceptors (Lipinski definition) is 4. The maximum atomic E-state index is 11.7. The standard InChI is InChI=1S/C13H17N5O2/c1-10(20-11-4-3-6-14-9-11)8-15-13(19)17-12-5-7-16-18(12)2/h3-7,9-10H,8H2,1-2H3,(H2,15,17,19). The molecule has 7 heteroatoms. The lowest BCUT2D eigenvalue weighted by Gasteiger charge is -2.15. The molecule has 20 heavy (non-hydrogen) atoms. The Morgan fingerprint density at radius 1 is 1.45 bits per heavy atom. The molecule has 106 valence electrons. The van der Waals surface area contributed by atoms with Gasteiger partial charge in [0.05, 0.1) is 18.9 Å². The number of anilines is 1. The van der Waals surface area contributed by atoms with E-state index >= 15 is 0 Å². The zero-order chi connectivity index (χ0) is 14.4. The van der Waals surface area contributed by atoms with Gasteiger partial charge in [-0.15, -0.1) is 0 Å². The lowest BCUT2D eigenvalue weighted by molar-refractivity contribution is 0.211. The highest BCUT2D eigenvalue weighted by Gasteiger charge is 2.08. The SMILES string of the molecule is CC(CNC(=O)Nc1ccnn1C)Oc1cccnc1. The van der Waals surface area contributed by atoms with Gasteiger partial charge in [-0.25, -0.2) is 4.79 Å². The lowest BCUT2D eigenvalue weighted by Crippen LogP contribution is -2.36. The molecule has 2 aromatic heterocycles. The van der Waals surface area contributed by atoms with E-state index in [2.05, 4.69) is 20.7 Å². The van der Waals surface area contributed by atoms with Crippen LogP contribution in [0, 0.1) is 0 Å². The van der Waals surface area contributed by atoms with E-state index in [0.29, 0.717) is 18.1 Å². The van der Waals surface area contributed by atoms with Crippen LogP contribution in [0.5, 0.6) is 5.75 Å². The molecule has 1 atom stereocenters. The van der Waals surface area contributed by atoms with Crippen molar-refractivity contribution in [2.45, 2.75) is 13.0 Å². The highest BCUT2D eigenvalue weighted by molar-refractivity contribution is 5.88. The normalized spacial score (nSPS) is 11.7. The van der Waals surface area contributed by atoms with E-state index in [4.69, 9.17) is 4.74 Å². The Bertz CT molecular complexity index is 555. The van der Waals surface area contributed by atoms with Gasteiger partial charge in [-0.1, -0.05) is 0 Å². The molecule has 7 nitrogen and oxygen atoms in total. The number of hydrogen-bond donors (Lipinski definition) is 2. The van der Waals surface area contributed by atoms with Crippen molar-refractivity contribution < 1.29 is 9.53 Å². The highest BCUT2D eigenvalue weighted by atomic mass is 16.5. The highest BCUT2D eigenvalue weighted by Crippen LogP contribution is 2.08. The summed E-state index contributed by atoms with van der Waals surface area (Å²) in [6, 6.07) is 5.04. The summed E-state index contributed by atoms with van der Waals surface area (Å²) in [7, 11) is 1.75. The molecule has 0 aromatic carbocycles. The number of amides is 2. The maximum absolute atomic E-state index is 11.7. The van der Waals surface area contributed by atoms with E-state index in [9.17, 15) is 4.79 Å². The molecule has 0 aliphatic carbocycles. The lowest BCUT2D eigenvalue weighted by atomic mass is 10.4. The minimum Gasteiger partial charge on any atom is -0.487 e. The maximum Gasteiger partial charge on any atom is 0.320 e. The van der Waals surface area contributed by atoms with E-state index < -0.39 is 0 Å². The summed E-state index contributed by atoms with van der Waals surface area (Å²) in [5.74, 6) is 1.30. The molecule has 0 fully saturated rings. The molecule has 0 bridgehead atoms. The molecule has 0 aliphatic rings. The van der Waals surface area contributed by atoms with E-state index in [1.54, 1.807) is 42.5 Å². The minimum atomic E-state index is -0.296. The zero-order valence-corrected chi connectivity index (χ0v) is 11.4. The third-order valence-corrected chi connectivity index (χ3v) is 2.58. The van der Waals surface area contributed by atoms with Crippen molar-refractivity contribution in [1.29, 1.82) is 0 Å². The molecule has 2 amide bonds. The molecule has 1 unspecified atom stereocenters. The summed E-state index contributed by atoms with van der Waals surface area (Å²) in [6.07, 6.45) is 4.77. The Labute approximate surface area is 117 Å². The Kier molecular flexibility index (Phi) is 4.54. The summed E-state index contributed by atoms with van der Waals surface area (Å²) in [4.78, 5) is 15.6. The molecule has 0 aliphatic heterocycles. The van der Waals surface area contributed by atoms with Gasteiger partial charge in [0, 0.05) is 19.3 Å². The fourth-order valence-electron chi connectivity index (χ4n) is 1.58. The quantitative estimate of drug-likeness (QED) is 0.864. The molecular weight excluding hydrogens is 258 g/mol. The predicted molar refractivity (Wildman–Crippen MR) is 74.6 cm³/mol. The van der Waals surface area contributed by atoms with Gasteiger partial charge in [-0.2, -0.15) is 5.10 Å². The van der Waals surface area contributed by atoms with Crippen LogP contribution in [0.4, 0.5) is 10.6 Å². The van der Waals surface area contributed by atoms with Gasteiger partial charge in [0.15, 0.2) is 0 Å². The Hall–Kier alpha value is -2.57. The van der Waals surface area contributed by atoms with Crippen molar-refractivity contribution in [3.8, 4) is 5.75 Å². The average molecular weight is 275 g/mol. The monoisotopic (exact) mass is 275 g/mol. The number of ether oxygens (including phenoxy) is 1. The van der Waals surface area contributed by atoms with E-state index in [1.807, 2.05) is 13.0 Å². The zero-order valence-electron chi connectivity index (χ0n) is 11.4. The largest absolute Gasteiger partial charge is 0.487 e. The molecule has 0 saturated heterocycles. The average Bonchev–Trinajstić information content (AvgIpc) is 2.83. The fraction of sp³-hybridized carbons (Fsp3) is 0.308. The Morgan fingerprint density at radius 2 is 2.30 bits per heavy atom. The van der Waals surface area contributed by atoms with Crippen LogP contribution < -0.4 is 15.4 Å². The number of aryl methyl sites for hydroxylation is 1. The first kappa shape index (κ1) is 13.9. The van der Waals surface area contributed by atoms with Crippen LogP contribution in [0.3, 0.4) is 0 Å². The smallest absolute Gasteiger partial charge is 0.320 e. The van der Waals surface area contributed by atoms with Crippen LogP contribution >= 0.6 is 0 Å².